The first-order valence-electron chi connectivity index (χ1n) is 4.39. The molecule has 0 saturated heterocycles. The molecule has 0 aliphatic carbocycles. The molecule has 1 unspecified atom stereocenters. The maximum atomic E-state index is 3.44. The normalized spacial score (nSPS) is 13.9. The van der Waals surface area contributed by atoms with Crippen LogP contribution in [-0.4, -0.2) is 24.6 Å². The van der Waals surface area contributed by atoms with Crippen LogP contribution in [-0.2, 0) is 0 Å². The molecule has 1 N–H and O–H groups in total. The first kappa shape index (κ1) is 11.3. The SMILES string of the molecule is CSCCC(C)CNC(C)C. The first-order valence-corrected chi connectivity index (χ1v) is 5.78. The van der Waals surface area contributed by atoms with E-state index in [2.05, 4.69) is 32.3 Å². The molecule has 0 aromatic heterocycles. The van der Waals surface area contributed by atoms with Gasteiger partial charge in [-0.15, -0.1) is 0 Å². The third kappa shape index (κ3) is 8.21. The predicted octanol–water partition coefficient (Wildman–Crippen LogP) is 2.37. The smallest absolute Gasteiger partial charge is 0.00104 e. The Hall–Kier alpha value is 0.310. The molecule has 0 radical (unpaired) electrons. The van der Waals surface area contributed by atoms with Crippen LogP contribution in [0.5, 0.6) is 0 Å². The Balaban J connectivity index is 3.15. The van der Waals surface area contributed by atoms with E-state index in [1.165, 1.54) is 12.2 Å². The van der Waals surface area contributed by atoms with Crippen LogP contribution in [0.2, 0.25) is 0 Å². The average molecular weight is 175 g/mol. The van der Waals surface area contributed by atoms with Crippen LogP contribution in [0.15, 0.2) is 0 Å². The molecule has 1 nitrogen and oxygen atoms in total. The third-order valence-electron chi connectivity index (χ3n) is 1.69. The second kappa shape index (κ2) is 6.99. The third-order valence-corrected chi connectivity index (χ3v) is 2.33. The van der Waals surface area contributed by atoms with E-state index in [-0.39, 0.29) is 0 Å². The van der Waals surface area contributed by atoms with E-state index < -0.39 is 0 Å². The zero-order valence-electron chi connectivity index (χ0n) is 8.18. The zero-order chi connectivity index (χ0) is 8.69. The molecule has 0 saturated carbocycles. The minimum Gasteiger partial charge on any atom is -0.314 e. The van der Waals surface area contributed by atoms with Gasteiger partial charge in [-0.05, 0) is 30.9 Å². The van der Waals surface area contributed by atoms with E-state index in [0.29, 0.717) is 6.04 Å². The van der Waals surface area contributed by atoms with E-state index in [9.17, 15) is 0 Å². The highest BCUT2D eigenvalue weighted by Crippen LogP contribution is 2.05. The van der Waals surface area contributed by atoms with E-state index in [1.807, 2.05) is 11.8 Å². The fourth-order valence-electron chi connectivity index (χ4n) is 0.858. The molecule has 0 heterocycles. The summed E-state index contributed by atoms with van der Waals surface area (Å²) < 4.78 is 0. The molecule has 0 spiro atoms. The molecule has 0 aliphatic heterocycles. The highest BCUT2D eigenvalue weighted by atomic mass is 32.2. The lowest BCUT2D eigenvalue weighted by atomic mass is 10.1. The van der Waals surface area contributed by atoms with Crippen molar-refractivity contribution < 1.29 is 0 Å². The van der Waals surface area contributed by atoms with Gasteiger partial charge in [0.15, 0.2) is 0 Å². The maximum Gasteiger partial charge on any atom is 0.00104 e. The Morgan fingerprint density at radius 2 is 1.91 bits per heavy atom. The van der Waals surface area contributed by atoms with Gasteiger partial charge in [0.05, 0.1) is 0 Å². The van der Waals surface area contributed by atoms with Crippen LogP contribution >= 0.6 is 11.8 Å². The van der Waals surface area contributed by atoms with E-state index in [4.69, 9.17) is 0 Å². The van der Waals surface area contributed by atoms with Crippen LogP contribution in [0.3, 0.4) is 0 Å². The van der Waals surface area contributed by atoms with Gasteiger partial charge in [0.25, 0.3) is 0 Å². The monoisotopic (exact) mass is 175 g/mol. The molecule has 0 aromatic carbocycles. The Kier molecular flexibility index (Phi) is 7.18. The number of thioether (sulfide) groups is 1. The summed E-state index contributed by atoms with van der Waals surface area (Å²) in [5, 5.41) is 3.44. The molecule has 0 amide bonds. The standard InChI is InChI=1S/C9H21NS/c1-8(2)10-7-9(3)5-6-11-4/h8-10H,5-7H2,1-4H3. The molecule has 2 heteroatoms. The summed E-state index contributed by atoms with van der Waals surface area (Å²) in [6, 6.07) is 0.631. The molecule has 0 bridgehead atoms. The van der Waals surface area contributed by atoms with Crippen molar-refractivity contribution in [3.63, 3.8) is 0 Å². The summed E-state index contributed by atoms with van der Waals surface area (Å²) in [7, 11) is 0. The Morgan fingerprint density at radius 3 is 2.36 bits per heavy atom. The van der Waals surface area contributed by atoms with Crippen molar-refractivity contribution in [3.8, 4) is 0 Å². The van der Waals surface area contributed by atoms with Gasteiger partial charge in [0, 0.05) is 6.04 Å². The van der Waals surface area contributed by atoms with Crippen LogP contribution in [0.1, 0.15) is 27.2 Å². The molecule has 0 rings (SSSR count). The summed E-state index contributed by atoms with van der Waals surface area (Å²) in [5.41, 5.74) is 0. The van der Waals surface area contributed by atoms with E-state index >= 15 is 0 Å². The van der Waals surface area contributed by atoms with E-state index in [0.717, 1.165) is 12.5 Å². The first-order chi connectivity index (χ1) is 5.16. The van der Waals surface area contributed by atoms with Gasteiger partial charge in [-0.3, -0.25) is 0 Å². The van der Waals surface area contributed by atoms with Crippen molar-refractivity contribution in [2.75, 3.05) is 18.6 Å². The van der Waals surface area contributed by atoms with Crippen LogP contribution in [0.4, 0.5) is 0 Å². The summed E-state index contributed by atoms with van der Waals surface area (Å²) in [6.07, 6.45) is 3.50. The van der Waals surface area contributed by atoms with Gasteiger partial charge in [0.2, 0.25) is 0 Å². The van der Waals surface area contributed by atoms with E-state index in [1.54, 1.807) is 0 Å². The fourth-order valence-corrected chi connectivity index (χ4v) is 1.50. The van der Waals surface area contributed by atoms with Crippen molar-refractivity contribution in [2.24, 2.45) is 5.92 Å². The second-order valence-electron chi connectivity index (χ2n) is 3.45. The van der Waals surface area contributed by atoms with Crippen molar-refractivity contribution in [3.05, 3.63) is 0 Å². The van der Waals surface area contributed by atoms with Crippen LogP contribution in [0.25, 0.3) is 0 Å². The molecule has 11 heavy (non-hydrogen) atoms. The lowest BCUT2D eigenvalue weighted by Crippen LogP contribution is -2.28. The molecular weight excluding hydrogens is 154 g/mol. The molecule has 1 atom stereocenters. The number of hydrogen-bond acceptors (Lipinski definition) is 2. The van der Waals surface area contributed by atoms with Crippen molar-refractivity contribution in [1.82, 2.24) is 5.32 Å². The fraction of sp³-hybridized carbons (Fsp3) is 1.00. The van der Waals surface area contributed by atoms with Gasteiger partial charge in [-0.25, -0.2) is 0 Å². The predicted molar refractivity (Wildman–Crippen MR) is 55.3 cm³/mol. The lowest BCUT2D eigenvalue weighted by molar-refractivity contribution is 0.470. The summed E-state index contributed by atoms with van der Waals surface area (Å²) in [6.45, 7) is 7.87. The van der Waals surface area contributed by atoms with Crippen molar-refractivity contribution >= 4 is 11.8 Å². The van der Waals surface area contributed by atoms with Crippen LogP contribution < -0.4 is 5.32 Å². The van der Waals surface area contributed by atoms with Crippen LogP contribution in [0, 0.1) is 5.92 Å². The maximum absolute atomic E-state index is 3.44. The second-order valence-corrected chi connectivity index (χ2v) is 4.44. The highest BCUT2D eigenvalue weighted by Gasteiger charge is 2.01. The summed E-state index contributed by atoms with van der Waals surface area (Å²) in [4.78, 5) is 0. The zero-order valence-corrected chi connectivity index (χ0v) is 9.00. The van der Waals surface area contributed by atoms with Crippen molar-refractivity contribution in [1.29, 1.82) is 0 Å². The lowest BCUT2D eigenvalue weighted by Gasteiger charge is -2.13. The topological polar surface area (TPSA) is 12.0 Å². The number of hydrogen-bond donors (Lipinski definition) is 1. The Labute approximate surface area is 75.3 Å². The number of nitrogens with one attached hydrogen (secondary N) is 1. The minimum absolute atomic E-state index is 0.631. The molecule has 0 aliphatic rings. The van der Waals surface area contributed by atoms with Crippen molar-refractivity contribution in [2.45, 2.75) is 33.2 Å². The number of rotatable bonds is 6. The van der Waals surface area contributed by atoms with Gasteiger partial charge in [-0.1, -0.05) is 20.8 Å². The largest absolute Gasteiger partial charge is 0.314 e. The van der Waals surface area contributed by atoms with Gasteiger partial charge < -0.3 is 5.32 Å². The highest BCUT2D eigenvalue weighted by molar-refractivity contribution is 7.98. The quantitative estimate of drug-likeness (QED) is 0.665. The molecule has 0 fully saturated rings. The molecule has 68 valence electrons. The molecule has 0 aromatic rings. The Bertz CT molecular complexity index is 83.6. The summed E-state index contributed by atoms with van der Waals surface area (Å²) >= 11 is 1.94. The van der Waals surface area contributed by atoms with Gasteiger partial charge in [-0.2, -0.15) is 11.8 Å². The Morgan fingerprint density at radius 1 is 1.27 bits per heavy atom. The average Bonchev–Trinajstić information content (AvgIpc) is 1.97. The molecular formula is C9H21NS. The minimum atomic E-state index is 0.631. The van der Waals surface area contributed by atoms with Gasteiger partial charge in [0.1, 0.15) is 0 Å². The van der Waals surface area contributed by atoms with Gasteiger partial charge >= 0.3 is 0 Å². The summed E-state index contributed by atoms with van der Waals surface area (Å²) in [5.74, 6) is 2.12.